The van der Waals surface area contributed by atoms with E-state index in [4.69, 9.17) is 0 Å². The van der Waals surface area contributed by atoms with Crippen molar-refractivity contribution < 1.29 is 0 Å². The standard InChI is InChI=1S/C47H33N3S/c1-3-12-32(13-4-1)34-14-11-17-37(28-34)49(36-24-22-33(23-25-36)42-30-48-31-46-47(42)41-19-8-10-21-45(41)51-46)38-26-27-40-39-18-7-9-20-43(39)50(44(40)29-38)35-15-5-2-6-16-35/h1-31,41,45H. The van der Waals surface area contributed by atoms with Gasteiger partial charge < -0.3 is 9.47 Å². The maximum Gasteiger partial charge on any atom is 0.0561 e. The van der Waals surface area contributed by atoms with Crippen LogP contribution in [0.4, 0.5) is 17.1 Å². The molecular formula is C47H33N3S. The van der Waals surface area contributed by atoms with Gasteiger partial charge in [-0.25, -0.2) is 0 Å². The van der Waals surface area contributed by atoms with Crippen molar-refractivity contribution in [2.45, 2.75) is 16.1 Å². The van der Waals surface area contributed by atoms with Crippen LogP contribution in [0.1, 0.15) is 11.5 Å². The SMILES string of the molecule is C1=CC2Sc3cncc(-c4ccc(N(c5cccc(-c6ccccc6)c5)c5ccc6c7ccccc7n(-c7ccccc7)c6c5)cc4)c3C2C=C1. The number of aromatic nitrogens is 2. The van der Waals surface area contributed by atoms with Gasteiger partial charge in [0.15, 0.2) is 0 Å². The summed E-state index contributed by atoms with van der Waals surface area (Å²) < 4.78 is 2.39. The Morgan fingerprint density at radius 1 is 0.529 bits per heavy atom. The fraction of sp³-hybridized carbons (Fsp3) is 0.0426. The van der Waals surface area contributed by atoms with Gasteiger partial charge >= 0.3 is 0 Å². The minimum absolute atomic E-state index is 0.369. The van der Waals surface area contributed by atoms with Gasteiger partial charge in [0, 0.05) is 67.5 Å². The Kier molecular flexibility index (Phi) is 7.21. The van der Waals surface area contributed by atoms with Gasteiger partial charge in [0.2, 0.25) is 0 Å². The molecule has 3 nitrogen and oxygen atoms in total. The van der Waals surface area contributed by atoms with Crippen LogP contribution in [-0.4, -0.2) is 14.8 Å². The van der Waals surface area contributed by atoms with Crippen molar-refractivity contribution in [2.24, 2.45) is 0 Å². The van der Waals surface area contributed by atoms with E-state index < -0.39 is 0 Å². The molecule has 0 N–H and O–H groups in total. The number of hydrogen-bond acceptors (Lipinski definition) is 3. The zero-order valence-corrected chi connectivity index (χ0v) is 28.6. The molecule has 2 atom stereocenters. The second-order valence-corrected chi connectivity index (χ2v) is 14.4. The van der Waals surface area contributed by atoms with Gasteiger partial charge in [0.25, 0.3) is 0 Å². The number of hydrogen-bond donors (Lipinski definition) is 0. The molecule has 0 amide bonds. The molecule has 0 bridgehead atoms. The van der Waals surface area contributed by atoms with E-state index in [9.17, 15) is 0 Å². The highest BCUT2D eigenvalue weighted by Gasteiger charge is 2.33. The van der Waals surface area contributed by atoms with Crippen molar-refractivity contribution in [3.05, 3.63) is 194 Å². The highest BCUT2D eigenvalue weighted by Crippen LogP contribution is 2.51. The van der Waals surface area contributed by atoms with E-state index in [1.54, 1.807) is 0 Å². The summed E-state index contributed by atoms with van der Waals surface area (Å²) in [7, 11) is 0. The van der Waals surface area contributed by atoms with E-state index in [-0.39, 0.29) is 0 Å². The predicted octanol–water partition coefficient (Wildman–Crippen LogP) is 12.7. The zero-order valence-electron chi connectivity index (χ0n) is 27.8. The quantitative estimate of drug-likeness (QED) is 0.176. The Hall–Kier alpha value is -6.10. The normalized spacial score (nSPS) is 16.0. The van der Waals surface area contributed by atoms with E-state index in [0.717, 1.165) is 22.7 Å². The van der Waals surface area contributed by atoms with Crippen molar-refractivity contribution in [1.29, 1.82) is 0 Å². The molecule has 3 heterocycles. The topological polar surface area (TPSA) is 21.1 Å². The van der Waals surface area contributed by atoms with Crippen LogP contribution in [0.5, 0.6) is 0 Å². The lowest BCUT2D eigenvalue weighted by atomic mass is 9.88. The third-order valence-corrected chi connectivity index (χ3v) is 11.5. The highest BCUT2D eigenvalue weighted by atomic mass is 32.2. The van der Waals surface area contributed by atoms with Crippen molar-refractivity contribution in [1.82, 2.24) is 9.55 Å². The Morgan fingerprint density at radius 3 is 2.10 bits per heavy atom. The van der Waals surface area contributed by atoms with Gasteiger partial charge in [-0.1, -0.05) is 121 Å². The number of benzene rings is 6. The zero-order chi connectivity index (χ0) is 33.7. The molecule has 242 valence electrons. The number of rotatable bonds is 6. The van der Waals surface area contributed by atoms with Gasteiger partial charge in [-0.05, 0) is 76.9 Å². The number of pyridine rings is 1. The number of fused-ring (bicyclic) bond motifs is 6. The van der Waals surface area contributed by atoms with E-state index in [0.29, 0.717) is 11.2 Å². The molecule has 0 spiro atoms. The third kappa shape index (κ3) is 5.10. The first-order valence-electron chi connectivity index (χ1n) is 17.4. The number of nitrogens with zero attached hydrogens (tertiary/aromatic N) is 3. The monoisotopic (exact) mass is 671 g/mol. The fourth-order valence-electron chi connectivity index (χ4n) is 7.87. The molecule has 2 aliphatic rings. The Morgan fingerprint density at radius 2 is 1.24 bits per heavy atom. The van der Waals surface area contributed by atoms with Crippen LogP contribution >= 0.6 is 11.8 Å². The number of allylic oxidation sites excluding steroid dienone is 3. The first kappa shape index (κ1) is 29.8. The van der Waals surface area contributed by atoms with Gasteiger partial charge in [-0.2, -0.15) is 0 Å². The summed E-state index contributed by atoms with van der Waals surface area (Å²) in [4.78, 5) is 8.35. The summed E-state index contributed by atoms with van der Waals surface area (Å²) in [5.74, 6) is 0.369. The molecule has 1 aliphatic carbocycles. The summed E-state index contributed by atoms with van der Waals surface area (Å²) in [6.45, 7) is 0. The second kappa shape index (κ2) is 12.3. The fourth-order valence-corrected chi connectivity index (χ4v) is 9.20. The van der Waals surface area contributed by atoms with Crippen molar-refractivity contribution in [3.8, 4) is 27.9 Å². The molecule has 2 aromatic heterocycles. The molecule has 0 fully saturated rings. The highest BCUT2D eigenvalue weighted by molar-refractivity contribution is 8.00. The van der Waals surface area contributed by atoms with E-state index in [1.165, 1.54) is 54.5 Å². The molecule has 1 aliphatic heterocycles. The molecule has 8 aromatic rings. The number of anilines is 3. The molecule has 6 aromatic carbocycles. The largest absolute Gasteiger partial charge is 0.310 e. The first-order valence-corrected chi connectivity index (χ1v) is 18.3. The third-order valence-electron chi connectivity index (χ3n) is 10.2. The minimum Gasteiger partial charge on any atom is -0.310 e. The van der Waals surface area contributed by atoms with Crippen LogP contribution < -0.4 is 4.90 Å². The van der Waals surface area contributed by atoms with Crippen molar-refractivity contribution >= 4 is 50.6 Å². The van der Waals surface area contributed by atoms with Crippen LogP contribution in [-0.2, 0) is 0 Å². The molecule has 0 radical (unpaired) electrons. The molecular weight excluding hydrogens is 639 g/mol. The average molecular weight is 672 g/mol. The molecule has 51 heavy (non-hydrogen) atoms. The maximum atomic E-state index is 4.68. The average Bonchev–Trinajstić information content (AvgIpc) is 3.75. The van der Waals surface area contributed by atoms with E-state index in [1.807, 2.05) is 24.2 Å². The van der Waals surface area contributed by atoms with E-state index in [2.05, 4.69) is 190 Å². The van der Waals surface area contributed by atoms with E-state index >= 15 is 0 Å². The Balaban J connectivity index is 1.14. The van der Waals surface area contributed by atoms with Crippen molar-refractivity contribution in [2.75, 3.05) is 4.90 Å². The lowest BCUT2D eigenvalue weighted by Crippen LogP contribution is -2.10. The van der Waals surface area contributed by atoms with Gasteiger partial charge in [0.1, 0.15) is 0 Å². The lowest BCUT2D eigenvalue weighted by Gasteiger charge is -2.27. The van der Waals surface area contributed by atoms with Crippen LogP contribution in [0, 0.1) is 0 Å². The summed E-state index contributed by atoms with van der Waals surface area (Å²) >= 11 is 1.92. The summed E-state index contributed by atoms with van der Waals surface area (Å²) in [5.41, 5.74) is 13.0. The van der Waals surface area contributed by atoms with Gasteiger partial charge in [-0.15, -0.1) is 11.8 Å². The summed E-state index contributed by atoms with van der Waals surface area (Å²) in [6.07, 6.45) is 13.1. The molecule has 4 heteroatoms. The van der Waals surface area contributed by atoms with Gasteiger partial charge in [-0.3, -0.25) is 4.98 Å². The summed E-state index contributed by atoms with van der Waals surface area (Å²) in [6, 6.07) is 54.8. The minimum atomic E-state index is 0.369. The smallest absolute Gasteiger partial charge is 0.0561 e. The molecule has 10 rings (SSSR count). The molecule has 2 unspecified atom stereocenters. The molecule has 0 saturated carbocycles. The first-order chi connectivity index (χ1) is 25.3. The maximum absolute atomic E-state index is 4.68. The predicted molar refractivity (Wildman–Crippen MR) is 215 cm³/mol. The number of para-hydroxylation sites is 2. The van der Waals surface area contributed by atoms with Crippen LogP contribution in [0.25, 0.3) is 49.7 Å². The lowest BCUT2D eigenvalue weighted by molar-refractivity contribution is 0.878. The Bertz CT molecular complexity index is 2620. The Labute approximate surface area is 301 Å². The van der Waals surface area contributed by atoms with Crippen LogP contribution in [0.15, 0.2) is 193 Å². The number of thioether (sulfide) groups is 1. The van der Waals surface area contributed by atoms with Gasteiger partial charge in [0.05, 0.1) is 11.0 Å². The van der Waals surface area contributed by atoms with Crippen molar-refractivity contribution in [3.63, 3.8) is 0 Å². The molecule has 0 saturated heterocycles. The summed E-state index contributed by atoms with van der Waals surface area (Å²) in [5, 5.41) is 2.92. The second-order valence-electron chi connectivity index (χ2n) is 13.2. The van der Waals surface area contributed by atoms with Crippen LogP contribution in [0.3, 0.4) is 0 Å². The van der Waals surface area contributed by atoms with Crippen LogP contribution in [0.2, 0.25) is 0 Å².